The molecule has 0 unspecified atom stereocenters. The third kappa shape index (κ3) is 3.17. The first-order chi connectivity index (χ1) is 13.1. The largest absolute Gasteiger partial charge is 0.318 e. The lowest BCUT2D eigenvalue weighted by Crippen LogP contribution is -2.37. The van der Waals surface area contributed by atoms with Crippen LogP contribution in [-0.4, -0.2) is 21.7 Å². The zero-order valence-corrected chi connectivity index (χ0v) is 14.3. The summed E-state index contributed by atoms with van der Waals surface area (Å²) in [5.74, 6) is -1.53. The molecule has 1 aliphatic heterocycles. The summed E-state index contributed by atoms with van der Waals surface area (Å²) in [6.45, 7) is 0.312. The molecule has 134 valence electrons. The third-order valence-corrected chi connectivity index (χ3v) is 4.52. The van der Waals surface area contributed by atoms with Crippen molar-refractivity contribution in [3.05, 3.63) is 95.4 Å². The number of nitrogens with one attached hydrogen (secondary N) is 1. The van der Waals surface area contributed by atoms with Gasteiger partial charge in [0.1, 0.15) is 6.04 Å². The summed E-state index contributed by atoms with van der Waals surface area (Å²) in [6, 6.07) is 18.0. The standard InChI is InChI=1S/C21H16FN3O2/c22-17-11-6-12-23-19(17)24-20(26)18(14-7-2-1-3-8-14)25-13-15-9-4-5-10-16(15)21(25)27/h1-12,18H,13H2,(H,23,24,26)/t18-/m1/s1. The quantitative estimate of drug-likeness (QED) is 0.773. The highest BCUT2D eigenvalue weighted by atomic mass is 19.1. The molecule has 0 aliphatic carbocycles. The van der Waals surface area contributed by atoms with E-state index in [0.717, 1.165) is 5.56 Å². The Balaban J connectivity index is 1.70. The number of halogens is 1. The van der Waals surface area contributed by atoms with Crippen LogP contribution in [0.25, 0.3) is 0 Å². The smallest absolute Gasteiger partial charge is 0.255 e. The van der Waals surface area contributed by atoms with Crippen molar-refractivity contribution < 1.29 is 14.0 Å². The van der Waals surface area contributed by atoms with Crippen LogP contribution in [0.4, 0.5) is 10.2 Å². The SMILES string of the molecule is O=C(Nc1ncccc1F)[C@@H](c1ccccc1)N1Cc2ccccc2C1=O. The molecule has 3 aromatic rings. The van der Waals surface area contributed by atoms with Crippen LogP contribution in [0.15, 0.2) is 72.9 Å². The van der Waals surface area contributed by atoms with E-state index >= 15 is 0 Å². The molecule has 0 spiro atoms. The van der Waals surface area contributed by atoms with E-state index in [-0.39, 0.29) is 11.7 Å². The molecular weight excluding hydrogens is 345 g/mol. The Labute approximate surface area is 155 Å². The van der Waals surface area contributed by atoms with Crippen LogP contribution >= 0.6 is 0 Å². The van der Waals surface area contributed by atoms with Crippen molar-refractivity contribution in [2.45, 2.75) is 12.6 Å². The molecule has 6 heteroatoms. The van der Waals surface area contributed by atoms with E-state index < -0.39 is 17.8 Å². The van der Waals surface area contributed by atoms with Crippen LogP contribution < -0.4 is 5.32 Å². The van der Waals surface area contributed by atoms with Crippen LogP contribution in [0.3, 0.4) is 0 Å². The molecule has 2 amide bonds. The van der Waals surface area contributed by atoms with E-state index in [9.17, 15) is 14.0 Å². The molecular formula is C21H16FN3O2. The normalized spacial score (nSPS) is 14.0. The van der Waals surface area contributed by atoms with Crippen LogP contribution in [0.1, 0.15) is 27.5 Å². The van der Waals surface area contributed by atoms with Crippen LogP contribution in [0.5, 0.6) is 0 Å². The highest BCUT2D eigenvalue weighted by molar-refractivity contribution is 6.03. The number of carbonyl (C=O) groups is 2. The van der Waals surface area contributed by atoms with Crippen molar-refractivity contribution in [3.8, 4) is 0 Å². The highest BCUT2D eigenvalue weighted by Gasteiger charge is 2.37. The van der Waals surface area contributed by atoms with Gasteiger partial charge in [-0.1, -0.05) is 48.5 Å². The average molecular weight is 361 g/mol. The molecule has 1 N–H and O–H groups in total. The first-order valence-electron chi connectivity index (χ1n) is 8.50. The summed E-state index contributed by atoms with van der Waals surface area (Å²) < 4.78 is 13.9. The fourth-order valence-corrected chi connectivity index (χ4v) is 3.26. The van der Waals surface area contributed by atoms with E-state index in [2.05, 4.69) is 10.3 Å². The van der Waals surface area contributed by atoms with Crippen molar-refractivity contribution in [2.24, 2.45) is 0 Å². The van der Waals surface area contributed by atoms with Crippen LogP contribution in [-0.2, 0) is 11.3 Å². The highest BCUT2D eigenvalue weighted by Crippen LogP contribution is 2.32. The minimum absolute atomic E-state index is 0.160. The number of hydrogen-bond donors (Lipinski definition) is 1. The maximum atomic E-state index is 13.9. The average Bonchev–Trinajstić information content (AvgIpc) is 3.01. The van der Waals surface area contributed by atoms with Gasteiger partial charge in [-0.05, 0) is 29.3 Å². The molecule has 1 aromatic heterocycles. The summed E-state index contributed by atoms with van der Waals surface area (Å²) in [7, 11) is 0. The van der Waals surface area contributed by atoms with Crippen molar-refractivity contribution in [1.82, 2.24) is 9.88 Å². The first kappa shape index (κ1) is 16.9. The number of hydrogen-bond acceptors (Lipinski definition) is 3. The molecule has 27 heavy (non-hydrogen) atoms. The zero-order chi connectivity index (χ0) is 18.8. The van der Waals surface area contributed by atoms with Crippen molar-refractivity contribution in [3.63, 3.8) is 0 Å². The van der Waals surface area contributed by atoms with Crippen LogP contribution in [0, 0.1) is 5.82 Å². The lowest BCUT2D eigenvalue weighted by atomic mass is 10.0. The van der Waals surface area contributed by atoms with Gasteiger partial charge in [0.2, 0.25) is 0 Å². The Morgan fingerprint density at radius 3 is 2.52 bits per heavy atom. The molecule has 0 saturated carbocycles. The zero-order valence-electron chi connectivity index (χ0n) is 14.3. The molecule has 0 saturated heterocycles. The topological polar surface area (TPSA) is 62.3 Å². The second kappa shape index (κ2) is 6.99. The molecule has 2 aromatic carbocycles. The molecule has 0 bridgehead atoms. The number of benzene rings is 2. The second-order valence-corrected chi connectivity index (χ2v) is 6.23. The molecule has 1 atom stereocenters. The number of nitrogens with zero attached hydrogens (tertiary/aromatic N) is 2. The number of fused-ring (bicyclic) bond motifs is 1. The Hall–Kier alpha value is -3.54. The number of amides is 2. The van der Waals surface area contributed by atoms with Gasteiger partial charge in [-0.3, -0.25) is 9.59 Å². The van der Waals surface area contributed by atoms with E-state index in [1.807, 2.05) is 18.2 Å². The lowest BCUT2D eigenvalue weighted by molar-refractivity contribution is -0.120. The summed E-state index contributed by atoms with van der Waals surface area (Å²) in [5, 5.41) is 2.51. The van der Waals surface area contributed by atoms with Crippen molar-refractivity contribution >= 4 is 17.6 Å². The van der Waals surface area contributed by atoms with Crippen molar-refractivity contribution in [2.75, 3.05) is 5.32 Å². The van der Waals surface area contributed by atoms with Gasteiger partial charge in [0, 0.05) is 18.3 Å². The minimum atomic E-state index is -0.896. The Morgan fingerprint density at radius 1 is 1.04 bits per heavy atom. The molecule has 5 nitrogen and oxygen atoms in total. The minimum Gasteiger partial charge on any atom is -0.318 e. The van der Waals surface area contributed by atoms with E-state index in [1.165, 1.54) is 23.2 Å². The monoisotopic (exact) mass is 361 g/mol. The van der Waals surface area contributed by atoms with Gasteiger partial charge >= 0.3 is 0 Å². The van der Waals surface area contributed by atoms with Gasteiger partial charge in [0.25, 0.3) is 11.8 Å². The lowest BCUT2D eigenvalue weighted by Gasteiger charge is -2.27. The van der Waals surface area contributed by atoms with E-state index in [1.54, 1.807) is 36.4 Å². The molecule has 2 heterocycles. The van der Waals surface area contributed by atoms with Crippen molar-refractivity contribution in [1.29, 1.82) is 0 Å². The maximum Gasteiger partial charge on any atom is 0.255 e. The molecule has 0 fully saturated rings. The first-order valence-corrected chi connectivity index (χ1v) is 8.50. The van der Waals surface area contributed by atoms with E-state index in [0.29, 0.717) is 17.7 Å². The van der Waals surface area contributed by atoms with E-state index in [4.69, 9.17) is 0 Å². The molecule has 0 radical (unpaired) electrons. The summed E-state index contributed by atoms with van der Waals surface area (Å²) in [4.78, 5) is 31.3. The maximum absolute atomic E-state index is 13.9. The van der Waals surface area contributed by atoms with Gasteiger partial charge in [0.05, 0.1) is 0 Å². The Bertz CT molecular complexity index is 1010. The predicted octanol–water partition coefficient (Wildman–Crippen LogP) is 3.56. The van der Waals surface area contributed by atoms with Gasteiger partial charge in [-0.2, -0.15) is 0 Å². The van der Waals surface area contributed by atoms with Gasteiger partial charge < -0.3 is 10.2 Å². The number of carbonyl (C=O) groups excluding carboxylic acids is 2. The molecule has 1 aliphatic rings. The fourth-order valence-electron chi connectivity index (χ4n) is 3.26. The summed E-state index contributed by atoms with van der Waals surface area (Å²) in [5.41, 5.74) is 2.09. The van der Waals surface area contributed by atoms with Gasteiger partial charge in [-0.15, -0.1) is 0 Å². The Kier molecular flexibility index (Phi) is 4.38. The second-order valence-electron chi connectivity index (χ2n) is 6.23. The van der Waals surface area contributed by atoms with Gasteiger partial charge in [-0.25, -0.2) is 9.37 Å². The fraction of sp³-hybridized carbons (Fsp3) is 0.0952. The molecule has 4 rings (SSSR count). The van der Waals surface area contributed by atoms with Gasteiger partial charge in [0.15, 0.2) is 11.6 Å². The third-order valence-electron chi connectivity index (χ3n) is 4.52. The summed E-state index contributed by atoms with van der Waals surface area (Å²) >= 11 is 0. The number of aromatic nitrogens is 1. The number of anilines is 1. The Morgan fingerprint density at radius 2 is 1.78 bits per heavy atom. The predicted molar refractivity (Wildman–Crippen MR) is 98.3 cm³/mol. The summed E-state index contributed by atoms with van der Waals surface area (Å²) in [6.07, 6.45) is 1.40. The van der Waals surface area contributed by atoms with Crippen LogP contribution in [0.2, 0.25) is 0 Å². The number of rotatable bonds is 4. The number of pyridine rings is 1.